The van der Waals surface area contributed by atoms with E-state index in [0.29, 0.717) is 19.0 Å². The highest BCUT2D eigenvalue weighted by Gasteiger charge is 2.30. The second-order valence-corrected chi connectivity index (χ2v) is 8.43. The minimum Gasteiger partial charge on any atom is -0.341 e. The van der Waals surface area contributed by atoms with Crippen LogP contribution in [0.1, 0.15) is 19.8 Å². The van der Waals surface area contributed by atoms with Crippen LogP contribution in [0.5, 0.6) is 0 Å². The van der Waals surface area contributed by atoms with Crippen molar-refractivity contribution in [3.63, 3.8) is 0 Å². The zero-order chi connectivity index (χ0) is 17.9. The van der Waals surface area contributed by atoms with Gasteiger partial charge in [0.15, 0.2) is 0 Å². The highest BCUT2D eigenvalue weighted by Crippen LogP contribution is 2.21. The van der Waals surface area contributed by atoms with Crippen molar-refractivity contribution in [2.24, 2.45) is 5.92 Å². The van der Waals surface area contributed by atoms with E-state index in [1.165, 1.54) is 38.4 Å². The maximum atomic E-state index is 13.1. The van der Waals surface area contributed by atoms with Crippen molar-refractivity contribution in [2.45, 2.75) is 19.8 Å². The van der Waals surface area contributed by atoms with Crippen LogP contribution in [0, 0.1) is 11.7 Å². The molecule has 8 heteroatoms. The van der Waals surface area contributed by atoms with E-state index < -0.39 is 16.0 Å². The molecular formula is C16H24FN3O3S. The summed E-state index contributed by atoms with van der Waals surface area (Å²) in [6.07, 6.45) is 1.99. The van der Waals surface area contributed by atoms with Gasteiger partial charge in [-0.2, -0.15) is 12.7 Å². The minimum absolute atomic E-state index is 0.240. The molecule has 1 aromatic rings. The Hall–Kier alpha value is -1.67. The van der Waals surface area contributed by atoms with Gasteiger partial charge in [-0.3, -0.25) is 4.79 Å². The van der Waals surface area contributed by atoms with E-state index in [4.69, 9.17) is 0 Å². The van der Waals surface area contributed by atoms with Gasteiger partial charge in [0.1, 0.15) is 12.4 Å². The molecule has 0 bridgehead atoms. The van der Waals surface area contributed by atoms with Gasteiger partial charge in [0.05, 0.1) is 5.69 Å². The van der Waals surface area contributed by atoms with Gasteiger partial charge in [-0.15, -0.1) is 0 Å². The second-order valence-electron chi connectivity index (χ2n) is 6.36. The first-order valence-corrected chi connectivity index (χ1v) is 9.35. The molecule has 1 aliphatic heterocycles. The number of hydrogen-bond acceptors (Lipinski definition) is 3. The molecular weight excluding hydrogens is 333 g/mol. The van der Waals surface area contributed by atoms with Crippen molar-refractivity contribution in [3.05, 3.63) is 30.1 Å². The zero-order valence-corrected chi connectivity index (χ0v) is 15.1. The lowest BCUT2D eigenvalue weighted by Gasteiger charge is -2.34. The summed E-state index contributed by atoms with van der Waals surface area (Å²) in [7, 11) is -1.05. The lowest BCUT2D eigenvalue weighted by Crippen LogP contribution is -2.49. The highest BCUT2D eigenvalue weighted by molar-refractivity contribution is 7.90. The fourth-order valence-corrected chi connectivity index (χ4v) is 3.81. The monoisotopic (exact) mass is 357 g/mol. The predicted octanol–water partition coefficient (Wildman–Crippen LogP) is 1.70. The summed E-state index contributed by atoms with van der Waals surface area (Å²) in [5.74, 6) is -0.291. The Balaban J connectivity index is 2.26. The summed E-state index contributed by atoms with van der Waals surface area (Å²) in [6.45, 7) is 3.06. The Morgan fingerprint density at radius 1 is 1.29 bits per heavy atom. The summed E-state index contributed by atoms with van der Waals surface area (Å²) in [4.78, 5) is 14.3. The van der Waals surface area contributed by atoms with Gasteiger partial charge in [0, 0.05) is 27.2 Å². The summed E-state index contributed by atoms with van der Waals surface area (Å²) >= 11 is 0. The van der Waals surface area contributed by atoms with E-state index >= 15 is 0 Å². The lowest BCUT2D eigenvalue weighted by atomic mass is 10.0. The summed E-state index contributed by atoms with van der Waals surface area (Å²) in [5, 5.41) is 0. The molecule has 6 nitrogen and oxygen atoms in total. The number of amides is 1. The first kappa shape index (κ1) is 18.7. The third kappa shape index (κ3) is 4.24. The van der Waals surface area contributed by atoms with Crippen LogP contribution in [0.4, 0.5) is 10.1 Å². The van der Waals surface area contributed by atoms with E-state index in [-0.39, 0.29) is 18.1 Å². The number of halogens is 1. The van der Waals surface area contributed by atoms with Gasteiger partial charge in [-0.05, 0) is 43.0 Å². The summed E-state index contributed by atoms with van der Waals surface area (Å²) in [6, 6.07) is 5.09. The fraction of sp³-hybridized carbons (Fsp3) is 0.562. The number of rotatable bonds is 5. The van der Waals surface area contributed by atoms with Crippen molar-refractivity contribution >= 4 is 21.8 Å². The average molecular weight is 357 g/mol. The molecule has 2 rings (SSSR count). The van der Waals surface area contributed by atoms with Crippen LogP contribution >= 0.6 is 0 Å². The molecule has 1 fully saturated rings. The Bertz CT molecular complexity index is 676. The van der Waals surface area contributed by atoms with Crippen molar-refractivity contribution in [3.8, 4) is 0 Å². The molecule has 1 heterocycles. The number of carbonyl (C=O) groups is 1. The molecule has 0 aliphatic carbocycles. The molecule has 1 aromatic carbocycles. The van der Waals surface area contributed by atoms with Crippen LogP contribution in [0.3, 0.4) is 0 Å². The van der Waals surface area contributed by atoms with Crippen LogP contribution in [-0.2, 0) is 15.0 Å². The van der Waals surface area contributed by atoms with E-state index in [0.717, 1.165) is 21.5 Å². The summed E-state index contributed by atoms with van der Waals surface area (Å²) in [5.41, 5.74) is 0.267. The number of carbonyl (C=O) groups excluding carboxylic acids is 1. The molecule has 24 heavy (non-hydrogen) atoms. The zero-order valence-electron chi connectivity index (χ0n) is 14.3. The van der Waals surface area contributed by atoms with E-state index in [9.17, 15) is 17.6 Å². The van der Waals surface area contributed by atoms with Gasteiger partial charge >= 0.3 is 10.2 Å². The van der Waals surface area contributed by atoms with Crippen LogP contribution in [-0.4, -0.2) is 57.3 Å². The lowest BCUT2D eigenvalue weighted by molar-refractivity contribution is -0.131. The molecule has 1 saturated heterocycles. The van der Waals surface area contributed by atoms with Crippen molar-refractivity contribution < 1.29 is 17.6 Å². The smallest absolute Gasteiger partial charge is 0.304 e. The fourth-order valence-electron chi connectivity index (χ4n) is 2.75. The second kappa shape index (κ2) is 7.48. The highest BCUT2D eigenvalue weighted by atomic mass is 32.2. The topological polar surface area (TPSA) is 60.9 Å². The molecule has 134 valence electrons. The number of piperidine rings is 1. The van der Waals surface area contributed by atoms with Crippen molar-refractivity contribution in [2.75, 3.05) is 38.0 Å². The van der Waals surface area contributed by atoms with Crippen LogP contribution in [0.25, 0.3) is 0 Å². The third-order valence-corrected chi connectivity index (χ3v) is 5.96. The van der Waals surface area contributed by atoms with Gasteiger partial charge in [-0.1, -0.05) is 6.92 Å². The van der Waals surface area contributed by atoms with Gasteiger partial charge in [-0.25, -0.2) is 8.70 Å². The van der Waals surface area contributed by atoms with E-state index in [1.54, 1.807) is 4.90 Å². The van der Waals surface area contributed by atoms with Gasteiger partial charge in [0.25, 0.3) is 0 Å². The molecule has 0 saturated carbocycles. The Morgan fingerprint density at radius 3 is 2.46 bits per heavy atom. The molecule has 1 aliphatic rings. The van der Waals surface area contributed by atoms with Crippen molar-refractivity contribution in [1.29, 1.82) is 0 Å². The van der Waals surface area contributed by atoms with Crippen LogP contribution in [0.15, 0.2) is 24.3 Å². The quantitative estimate of drug-likeness (QED) is 0.806. The molecule has 1 unspecified atom stereocenters. The molecule has 1 amide bonds. The molecule has 0 radical (unpaired) electrons. The first-order chi connectivity index (χ1) is 11.2. The Labute approximate surface area is 143 Å². The van der Waals surface area contributed by atoms with E-state index in [2.05, 4.69) is 6.92 Å². The van der Waals surface area contributed by atoms with E-state index in [1.807, 2.05) is 0 Å². The molecule has 0 N–H and O–H groups in total. The number of nitrogens with zero attached hydrogens (tertiary/aromatic N) is 3. The number of likely N-dealkylation sites (tertiary alicyclic amines) is 1. The average Bonchev–Trinajstić information content (AvgIpc) is 2.53. The predicted molar refractivity (Wildman–Crippen MR) is 91.3 cm³/mol. The van der Waals surface area contributed by atoms with Crippen LogP contribution < -0.4 is 4.31 Å². The van der Waals surface area contributed by atoms with Crippen LogP contribution in [0.2, 0.25) is 0 Å². The normalized spacial score (nSPS) is 18.7. The molecule has 0 spiro atoms. The third-order valence-electron chi connectivity index (χ3n) is 4.14. The minimum atomic E-state index is -3.86. The SMILES string of the molecule is CC1CCCN(C(=O)CN(c2ccc(F)cc2)S(=O)(=O)N(C)C)C1. The number of anilines is 1. The maximum Gasteiger partial charge on any atom is 0.304 e. The standard InChI is InChI=1S/C16H24FN3O3S/c1-13-5-4-10-19(11-13)16(21)12-20(24(22,23)18(2)3)15-8-6-14(17)7-9-15/h6-9,13H,4-5,10-12H2,1-3H3. The largest absolute Gasteiger partial charge is 0.341 e. The summed E-state index contributed by atoms with van der Waals surface area (Å²) < 4.78 is 40.4. The molecule has 0 aromatic heterocycles. The number of hydrogen-bond donors (Lipinski definition) is 0. The van der Waals surface area contributed by atoms with Gasteiger partial charge < -0.3 is 4.90 Å². The number of benzene rings is 1. The Morgan fingerprint density at radius 2 is 1.92 bits per heavy atom. The van der Waals surface area contributed by atoms with Gasteiger partial charge in [0.2, 0.25) is 5.91 Å². The van der Waals surface area contributed by atoms with Crippen molar-refractivity contribution in [1.82, 2.24) is 9.21 Å². The first-order valence-electron chi connectivity index (χ1n) is 7.95. The maximum absolute atomic E-state index is 13.1. The molecule has 1 atom stereocenters. The Kier molecular flexibility index (Phi) is 5.82.